The number of imidazole rings is 3. The summed E-state index contributed by atoms with van der Waals surface area (Å²) in [6.45, 7) is 0. The summed E-state index contributed by atoms with van der Waals surface area (Å²) in [6.07, 6.45) is 10.1. The van der Waals surface area contributed by atoms with E-state index in [0.29, 0.717) is 17.1 Å². The van der Waals surface area contributed by atoms with E-state index in [4.69, 9.17) is 32.5 Å². The minimum atomic E-state index is -1.01. The summed E-state index contributed by atoms with van der Waals surface area (Å²) >= 11 is 0. The smallest absolute Gasteiger partial charge is 0.480 e. The normalized spacial score (nSPS) is 10.6. The molecule has 237 valence electrons. The van der Waals surface area contributed by atoms with E-state index < -0.39 is 36.0 Å². The number of nitrogens with one attached hydrogen (secondary N) is 3. The molecule has 0 saturated carbocycles. The van der Waals surface area contributed by atoms with Gasteiger partial charge in [0.15, 0.2) is 0 Å². The fraction of sp³-hybridized carbons (Fsp3) is 0.333. The van der Waals surface area contributed by atoms with Crippen LogP contribution in [-0.4, -0.2) is 103 Å². The predicted molar refractivity (Wildman–Crippen MR) is 128 cm³/mol. The van der Waals surface area contributed by atoms with Crippen LogP contribution in [-0.2, 0) is 84.0 Å². The van der Waals surface area contributed by atoms with Crippen molar-refractivity contribution in [2.24, 2.45) is 17.2 Å². The quantitative estimate of drug-likeness (QED) is 0.100. The molecule has 0 aliphatic heterocycles. The third-order valence-corrected chi connectivity index (χ3v) is 3.90. The molecule has 0 aliphatic rings. The van der Waals surface area contributed by atoms with Crippen LogP contribution in [0, 0.1) is 0 Å². The van der Waals surface area contributed by atoms with Crippen molar-refractivity contribution >= 4 is 17.9 Å². The zero-order chi connectivity index (χ0) is 24.8. The number of carbonyl (C=O) groups is 3. The number of aliphatic carboxylic acids is 3. The van der Waals surface area contributed by atoms with Crippen LogP contribution in [0.2, 0.25) is 0 Å². The number of hydrogen-bond donors (Lipinski definition) is 9. The summed E-state index contributed by atoms with van der Waals surface area (Å²) in [5, 5.41) is 25.3. The molecule has 3 unspecified atom stereocenters. The van der Waals surface area contributed by atoms with Crippen LogP contribution in [0.25, 0.3) is 0 Å². The van der Waals surface area contributed by atoms with Gasteiger partial charge in [-0.15, -0.1) is 0 Å². The number of aromatic amines is 3. The Hall–Kier alpha value is -2.72. The van der Waals surface area contributed by atoms with Crippen molar-refractivity contribution in [3.05, 3.63) is 54.7 Å². The van der Waals surface area contributed by atoms with Crippen LogP contribution >= 0.6 is 0 Å². The van der Waals surface area contributed by atoms with E-state index >= 15 is 0 Å². The van der Waals surface area contributed by atoms with Crippen LogP contribution < -0.4 is 17.2 Å². The third kappa shape index (κ3) is 23.2. The molecule has 0 amide bonds. The first kappa shape index (κ1) is 53.5. The monoisotopic (exact) mass is 714 g/mol. The van der Waals surface area contributed by atoms with E-state index in [-0.39, 0.29) is 91.5 Å². The molecule has 3 rings (SSSR count). The number of aromatic nitrogens is 6. The Morgan fingerprint density at radius 2 is 0.800 bits per heavy atom. The van der Waals surface area contributed by atoms with Gasteiger partial charge in [0.05, 0.1) is 36.1 Å². The molecule has 0 saturated heterocycles. The van der Waals surface area contributed by atoms with Crippen LogP contribution in [0.4, 0.5) is 0 Å². The van der Waals surface area contributed by atoms with E-state index in [9.17, 15) is 14.4 Å². The van der Waals surface area contributed by atoms with E-state index in [0.717, 1.165) is 0 Å². The number of hydrogen-bond acceptors (Lipinski definition) is 9. The Bertz CT molecular complexity index is 844. The molecule has 3 aromatic heterocycles. The maximum Gasteiger partial charge on any atom is 2.00 e. The van der Waals surface area contributed by atoms with Gasteiger partial charge < -0.3 is 69.4 Å². The van der Waals surface area contributed by atoms with E-state index in [2.05, 4.69) is 29.9 Å². The molecule has 0 spiro atoms. The first-order valence-corrected chi connectivity index (χ1v) is 9.48. The first-order chi connectivity index (χ1) is 15.6. The molecule has 40 heavy (non-hydrogen) atoms. The average Bonchev–Trinajstić information content (AvgIpc) is 3.53. The van der Waals surface area contributed by atoms with E-state index in [1.54, 1.807) is 18.6 Å². The Balaban J connectivity index is -0.0000000751. The summed E-state index contributed by atoms with van der Waals surface area (Å²) in [5.74, 6) is -3.02. The first-order valence-electron chi connectivity index (χ1n) is 9.48. The van der Waals surface area contributed by atoms with Gasteiger partial charge in [0.25, 0.3) is 0 Å². The van der Waals surface area contributed by atoms with Gasteiger partial charge >= 0.3 is 34.7 Å². The minimum Gasteiger partial charge on any atom is -0.480 e. The molecule has 3 heterocycles. The SMILES string of the molecule is NC(Cc1c[nH]cn1)C(=O)O.NC(Cc1c[nH]cn1)C(=O)O.NC(Cc1c[nH]cn1)C(=O)O.O.O.O.O.[Co+2].[Co].[Co]. The molecule has 22 heteroatoms. The Labute approximate surface area is 258 Å². The molecule has 0 aliphatic carbocycles. The topological polar surface area (TPSA) is 402 Å². The third-order valence-electron chi connectivity index (χ3n) is 3.90. The van der Waals surface area contributed by atoms with Gasteiger partial charge in [0.2, 0.25) is 0 Å². The Morgan fingerprint density at radius 3 is 0.925 bits per heavy atom. The second-order valence-electron chi connectivity index (χ2n) is 6.63. The van der Waals surface area contributed by atoms with Gasteiger partial charge in [-0.2, -0.15) is 0 Å². The van der Waals surface area contributed by atoms with Crippen molar-refractivity contribution in [2.75, 3.05) is 0 Å². The summed E-state index contributed by atoms with van der Waals surface area (Å²) in [5.41, 5.74) is 17.8. The fourth-order valence-corrected chi connectivity index (χ4v) is 2.15. The van der Waals surface area contributed by atoms with Crippen molar-refractivity contribution in [1.82, 2.24) is 29.9 Å². The number of carboxylic acids is 3. The average molecular weight is 714 g/mol. The molecule has 0 fully saturated rings. The molecular weight excluding hydrogens is 679 g/mol. The van der Waals surface area contributed by atoms with Crippen molar-refractivity contribution in [1.29, 1.82) is 0 Å². The van der Waals surface area contributed by atoms with Crippen LogP contribution in [0.3, 0.4) is 0 Å². The summed E-state index contributed by atoms with van der Waals surface area (Å²) in [7, 11) is 0. The molecule has 3 radical (unpaired) electrons. The van der Waals surface area contributed by atoms with Gasteiger partial charge in [-0.3, -0.25) is 14.4 Å². The van der Waals surface area contributed by atoms with E-state index in [1.165, 1.54) is 19.0 Å². The molecular formula is C18H35Co3N9O10+2. The molecule has 20 N–H and O–H groups in total. The van der Waals surface area contributed by atoms with Crippen molar-refractivity contribution < 1.29 is 102 Å². The Kier molecular flexibility index (Phi) is 39.2. The standard InChI is InChI=1S/3C6H9N3O2.3Co.4H2O/c3*7-5(6(10)11)1-4-2-8-3-9-4;;;;;;;/h3*2-3,5H,1,7H2,(H,8,9)(H,10,11);;;;4*1H2/q;;;;;+2;;;;. The number of H-pyrrole nitrogens is 3. The van der Waals surface area contributed by atoms with Gasteiger partial charge in [-0.1, -0.05) is 0 Å². The zero-order valence-corrected chi connectivity index (χ0v) is 23.6. The predicted octanol–water partition coefficient (Wildman–Crippen LogP) is -5.21. The molecule has 3 aromatic rings. The largest absolute Gasteiger partial charge is 2.00 e. The van der Waals surface area contributed by atoms with Crippen LogP contribution in [0.5, 0.6) is 0 Å². The molecule has 0 bridgehead atoms. The Morgan fingerprint density at radius 1 is 0.600 bits per heavy atom. The summed E-state index contributed by atoms with van der Waals surface area (Å²) in [4.78, 5) is 50.5. The van der Waals surface area contributed by atoms with Crippen molar-refractivity contribution in [2.45, 2.75) is 37.4 Å². The van der Waals surface area contributed by atoms with Gasteiger partial charge in [-0.25, -0.2) is 15.0 Å². The second kappa shape index (κ2) is 29.3. The molecule has 3 atom stereocenters. The van der Waals surface area contributed by atoms with Gasteiger partial charge in [0.1, 0.15) is 18.1 Å². The number of nitrogens with two attached hydrogens (primary N) is 3. The number of carboxylic acid groups (broad SMARTS) is 3. The van der Waals surface area contributed by atoms with E-state index in [1.807, 2.05) is 0 Å². The van der Waals surface area contributed by atoms with Crippen LogP contribution in [0.15, 0.2) is 37.6 Å². The van der Waals surface area contributed by atoms with Gasteiger partial charge in [-0.05, 0) is 0 Å². The van der Waals surface area contributed by atoms with Crippen molar-refractivity contribution in [3.63, 3.8) is 0 Å². The maximum absolute atomic E-state index is 10.3. The number of nitrogens with zero attached hydrogens (tertiary/aromatic N) is 3. The van der Waals surface area contributed by atoms with Crippen LogP contribution in [0.1, 0.15) is 17.1 Å². The summed E-state index contributed by atoms with van der Waals surface area (Å²) < 4.78 is 0. The second-order valence-corrected chi connectivity index (χ2v) is 6.63. The maximum atomic E-state index is 10.3. The van der Waals surface area contributed by atoms with Gasteiger partial charge in [0, 0.05) is 71.4 Å². The fourth-order valence-electron chi connectivity index (χ4n) is 2.15. The number of rotatable bonds is 9. The summed E-state index contributed by atoms with van der Waals surface area (Å²) in [6, 6.07) is -2.59. The molecule has 19 nitrogen and oxygen atoms in total. The zero-order valence-electron chi connectivity index (χ0n) is 20.5. The molecule has 0 aromatic carbocycles. The minimum absolute atomic E-state index is 0. The van der Waals surface area contributed by atoms with Crippen molar-refractivity contribution in [3.8, 4) is 0 Å².